The minimum atomic E-state index is -0.0305. The van der Waals surface area contributed by atoms with Crippen LogP contribution in [-0.2, 0) is 13.1 Å². The largest absolute Gasteiger partial charge is 0.326 e. The summed E-state index contributed by atoms with van der Waals surface area (Å²) in [7, 11) is 1.76. The summed E-state index contributed by atoms with van der Waals surface area (Å²) in [6.07, 6.45) is 3.74. The van der Waals surface area contributed by atoms with Crippen LogP contribution in [0, 0.1) is 0 Å². The minimum Gasteiger partial charge on any atom is -0.315 e. The molecular formula is C15H16N4OS. The number of carbonyl (C=O) groups is 1. The summed E-state index contributed by atoms with van der Waals surface area (Å²) < 4.78 is 0. The van der Waals surface area contributed by atoms with Crippen molar-refractivity contribution in [3.63, 3.8) is 0 Å². The van der Waals surface area contributed by atoms with Crippen LogP contribution >= 0.6 is 11.8 Å². The summed E-state index contributed by atoms with van der Waals surface area (Å²) in [5.74, 6) is 0.712. The van der Waals surface area contributed by atoms with Crippen LogP contribution in [-0.4, -0.2) is 34.2 Å². The van der Waals surface area contributed by atoms with Gasteiger partial charge in [0.25, 0.3) is 0 Å². The van der Waals surface area contributed by atoms with E-state index in [9.17, 15) is 4.79 Å². The maximum atomic E-state index is 12.5. The summed E-state index contributed by atoms with van der Waals surface area (Å²) in [6, 6.07) is 9.95. The van der Waals surface area contributed by atoms with Crippen LogP contribution in [0.2, 0.25) is 0 Å². The van der Waals surface area contributed by atoms with E-state index in [4.69, 9.17) is 0 Å². The van der Waals surface area contributed by atoms with E-state index in [0.29, 0.717) is 24.1 Å². The van der Waals surface area contributed by atoms with Crippen molar-refractivity contribution >= 4 is 23.6 Å². The fourth-order valence-corrected chi connectivity index (χ4v) is 2.72. The molecule has 0 fully saturated rings. The number of benzene rings is 1. The van der Waals surface area contributed by atoms with Crippen LogP contribution in [0.3, 0.4) is 0 Å². The molecule has 2 amide bonds. The first-order valence-electron chi connectivity index (χ1n) is 6.65. The summed E-state index contributed by atoms with van der Waals surface area (Å²) >= 11 is 1.47. The van der Waals surface area contributed by atoms with Crippen molar-refractivity contribution in [2.75, 3.05) is 18.2 Å². The first-order valence-corrected chi connectivity index (χ1v) is 7.88. The van der Waals surface area contributed by atoms with Crippen molar-refractivity contribution in [2.24, 2.45) is 0 Å². The van der Waals surface area contributed by atoms with Crippen molar-refractivity contribution < 1.29 is 4.79 Å². The van der Waals surface area contributed by atoms with Crippen molar-refractivity contribution in [1.29, 1.82) is 0 Å². The van der Waals surface area contributed by atoms with E-state index in [-0.39, 0.29) is 6.03 Å². The van der Waals surface area contributed by atoms with Gasteiger partial charge in [-0.1, -0.05) is 42.1 Å². The highest BCUT2D eigenvalue weighted by molar-refractivity contribution is 7.98. The number of hydrogen-bond acceptors (Lipinski definition) is 4. The Labute approximate surface area is 128 Å². The zero-order chi connectivity index (χ0) is 14.8. The Bertz CT molecular complexity index is 662. The average Bonchev–Trinajstić information content (AvgIpc) is 2.53. The van der Waals surface area contributed by atoms with E-state index < -0.39 is 0 Å². The van der Waals surface area contributed by atoms with Crippen LogP contribution in [0.4, 0.5) is 10.6 Å². The number of urea groups is 1. The van der Waals surface area contributed by atoms with E-state index >= 15 is 0 Å². The third-order valence-electron chi connectivity index (χ3n) is 3.45. The first kappa shape index (κ1) is 13.9. The van der Waals surface area contributed by atoms with Crippen molar-refractivity contribution in [3.05, 3.63) is 47.7 Å². The molecule has 0 unspecified atom stereocenters. The highest BCUT2D eigenvalue weighted by Crippen LogP contribution is 2.27. The predicted octanol–water partition coefficient (Wildman–Crippen LogP) is 2.77. The van der Waals surface area contributed by atoms with Gasteiger partial charge in [-0.3, -0.25) is 4.90 Å². The molecule has 0 bridgehead atoms. The highest BCUT2D eigenvalue weighted by atomic mass is 32.2. The second kappa shape index (κ2) is 5.73. The van der Waals surface area contributed by atoms with Gasteiger partial charge in [0.05, 0.1) is 6.54 Å². The third-order valence-corrected chi connectivity index (χ3v) is 4.02. The van der Waals surface area contributed by atoms with Crippen LogP contribution in [0.5, 0.6) is 0 Å². The van der Waals surface area contributed by atoms with Gasteiger partial charge < -0.3 is 4.90 Å². The van der Waals surface area contributed by atoms with Crippen LogP contribution in [0.1, 0.15) is 11.1 Å². The molecule has 6 heteroatoms. The van der Waals surface area contributed by atoms with Gasteiger partial charge in [0.15, 0.2) is 5.16 Å². The van der Waals surface area contributed by atoms with E-state index in [1.807, 2.05) is 42.8 Å². The molecule has 0 saturated heterocycles. The van der Waals surface area contributed by atoms with E-state index in [2.05, 4.69) is 9.97 Å². The lowest BCUT2D eigenvalue weighted by Gasteiger charge is -2.34. The van der Waals surface area contributed by atoms with Crippen molar-refractivity contribution in [2.45, 2.75) is 18.2 Å². The molecule has 2 aromatic rings. The number of carbonyl (C=O) groups excluding carboxylic acids is 1. The maximum Gasteiger partial charge on any atom is 0.326 e. The second-order valence-corrected chi connectivity index (χ2v) is 5.66. The Morgan fingerprint density at radius 2 is 2.05 bits per heavy atom. The van der Waals surface area contributed by atoms with E-state index in [0.717, 1.165) is 11.1 Å². The normalized spacial score (nSPS) is 14.3. The molecule has 1 aliphatic rings. The summed E-state index contributed by atoms with van der Waals surface area (Å²) in [5.41, 5.74) is 2.09. The van der Waals surface area contributed by atoms with E-state index in [1.54, 1.807) is 16.8 Å². The van der Waals surface area contributed by atoms with Gasteiger partial charge in [0.1, 0.15) is 5.82 Å². The van der Waals surface area contributed by atoms with Crippen molar-refractivity contribution in [3.8, 4) is 0 Å². The zero-order valence-electron chi connectivity index (χ0n) is 12.0. The lowest BCUT2D eigenvalue weighted by molar-refractivity contribution is 0.196. The SMILES string of the molecule is CSc1ncc2c(n1)N(C)C(=O)N(Cc1ccccc1)C2. The van der Waals surface area contributed by atoms with E-state index in [1.165, 1.54) is 11.8 Å². The highest BCUT2D eigenvalue weighted by Gasteiger charge is 2.29. The maximum absolute atomic E-state index is 12.5. The molecule has 1 aromatic carbocycles. The fraction of sp³-hybridized carbons (Fsp3) is 0.267. The van der Waals surface area contributed by atoms with Crippen molar-refractivity contribution in [1.82, 2.24) is 14.9 Å². The quantitative estimate of drug-likeness (QED) is 0.646. The van der Waals surface area contributed by atoms with Crippen LogP contribution in [0.25, 0.3) is 0 Å². The monoisotopic (exact) mass is 300 g/mol. The van der Waals surface area contributed by atoms with Gasteiger partial charge in [-0.25, -0.2) is 14.8 Å². The predicted molar refractivity (Wildman–Crippen MR) is 83.3 cm³/mol. The van der Waals surface area contributed by atoms with Crippen LogP contribution < -0.4 is 4.90 Å². The Kier molecular flexibility index (Phi) is 3.79. The number of anilines is 1. The van der Waals surface area contributed by atoms with Gasteiger partial charge >= 0.3 is 6.03 Å². The molecule has 3 rings (SSSR count). The number of amides is 2. The van der Waals surface area contributed by atoms with Gasteiger partial charge in [-0.2, -0.15) is 0 Å². The molecule has 0 saturated carbocycles. The molecule has 2 heterocycles. The molecule has 0 N–H and O–H groups in total. The average molecular weight is 300 g/mol. The Morgan fingerprint density at radius 3 is 2.76 bits per heavy atom. The molecule has 0 radical (unpaired) electrons. The van der Waals surface area contributed by atoms with Gasteiger partial charge in [0.2, 0.25) is 0 Å². The molecule has 0 spiro atoms. The zero-order valence-corrected chi connectivity index (χ0v) is 12.8. The topological polar surface area (TPSA) is 49.3 Å². The molecule has 1 aliphatic heterocycles. The fourth-order valence-electron chi connectivity index (χ4n) is 2.39. The molecular weight excluding hydrogens is 284 g/mol. The summed E-state index contributed by atoms with van der Waals surface area (Å²) in [6.45, 7) is 1.13. The number of nitrogens with zero attached hydrogens (tertiary/aromatic N) is 4. The molecule has 1 aromatic heterocycles. The summed E-state index contributed by atoms with van der Waals surface area (Å²) in [5, 5.41) is 0.685. The lowest BCUT2D eigenvalue weighted by Crippen LogP contribution is -2.45. The first-order chi connectivity index (χ1) is 10.2. The molecule has 0 aliphatic carbocycles. The van der Waals surface area contributed by atoms with Crippen LogP contribution in [0.15, 0.2) is 41.7 Å². The molecule has 21 heavy (non-hydrogen) atoms. The number of fused-ring (bicyclic) bond motifs is 1. The number of aromatic nitrogens is 2. The molecule has 108 valence electrons. The Hall–Kier alpha value is -2.08. The van der Waals surface area contributed by atoms with Gasteiger partial charge in [-0.05, 0) is 11.8 Å². The second-order valence-electron chi connectivity index (χ2n) is 4.89. The number of thioether (sulfide) groups is 1. The lowest BCUT2D eigenvalue weighted by atomic mass is 10.1. The third kappa shape index (κ3) is 2.71. The molecule has 5 nitrogen and oxygen atoms in total. The number of hydrogen-bond donors (Lipinski definition) is 0. The minimum absolute atomic E-state index is 0.0305. The standard InChI is InChI=1S/C15H16N4OS/c1-18-13-12(8-16-14(17-13)21-2)10-19(15(18)20)9-11-6-4-3-5-7-11/h3-8H,9-10H2,1-2H3. The van der Waals surface area contributed by atoms with Gasteiger partial charge in [0, 0.05) is 25.4 Å². The Balaban J connectivity index is 1.88. The number of rotatable bonds is 3. The molecule has 0 atom stereocenters. The summed E-state index contributed by atoms with van der Waals surface area (Å²) in [4.78, 5) is 24.6. The smallest absolute Gasteiger partial charge is 0.315 e. The van der Waals surface area contributed by atoms with Gasteiger partial charge in [-0.15, -0.1) is 0 Å². The Morgan fingerprint density at radius 1 is 1.29 bits per heavy atom.